The second kappa shape index (κ2) is 5.50. The van der Waals surface area contributed by atoms with Crippen LogP contribution in [-0.2, 0) is 4.74 Å². The van der Waals surface area contributed by atoms with Crippen molar-refractivity contribution in [3.05, 3.63) is 0 Å². The van der Waals surface area contributed by atoms with Gasteiger partial charge in [0.1, 0.15) is 0 Å². The van der Waals surface area contributed by atoms with Gasteiger partial charge < -0.3 is 14.7 Å². The molecule has 0 atom stereocenters. The maximum Gasteiger partial charge on any atom is 0.407 e. The van der Waals surface area contributed by atoms with Crippen LogP contribution in [0.15, 0.2) is 0 Å². The highest BCUT2D eigenvalue weighted by molar-refractivity contribution is 5.65. The fraction of sp³-hybridized carbons (Fsp3) is 0.909. The van der Waals surface area contributed by atoms with E-state index in [4.69, 9.17) is 9.84 Å². The van der Waals surface area contributed by atoms with Crippen LogP contribution in [0, 0.1) is 5.92 Å². The van der Waals surface area contributed by atoms with Crippen molar-refractivity contribution in [2.24, 2.45) is 5.92 Å². The van der Waals surface area contributed by atoms with Crippen LogP contribution in [0.25, 0.3) is 0 Å². The lowest BCUT2D eigenvalue weighted by atomic mass is 9.99. The van der Waals surface area contributed by atoms with Gasteiger partial charge in [0.25, 0.3) is 0 Å². The highest BCUT2D eigenvalue weighted by atomic mass is 16.5. The van der Waals surface area contributed by atoms with Crippen molar-refractivity contribution in [1.82, 2.24) is 9.80 Å². The Labute approximate surface area is 96.0 Å². The molecule has 92 valence electrons. The van der Waals surface area contributed by atoms with Crippen molar-refractivity contribution in [1.29, 1.82) is 0 Å². The molecule has 0 unspecified atom stereocenters. The third kappa shape index (κ3) is 3.09. The average molecular weight is 228 g/mol. The summed E-state index contributed by atoms with van der Waals surface area (Å²) < 4.78 is 5.33. The standard InChI is InChI=1S/C11H20N2O3/c14-11(15)13-5-3-12(4-6-13)9-10-1-7-16-8-2-10/h10H,1-9H2,(H,14,15). The lowest BCUT2D eigenvalue weighted by Gasteiger charge is -2.36. The molecule has 5 heteroatoms. The lowest BCUT2D eigenvalue weighted by molar-refractivity contribution is 0.0426. The Kier molecular flexibility index (Phi) is 4.01. The van der Waals surface area contributed by atoms with E-state index < -0.39 is 6.09 Å². The summed E-state index contributed by atoms with van der Waals surface area (Å²) >= 11 is 0. The smallest absolute Gasteiger partial charge is 0.407 e. The van der Waals surface area contributed by atoms with Crippen molar-refractivity contribution in [2.75, 3.05) is 45.9 Å². The number of amides is 1. The topological polar surface area (TPSA) is 53.0 Å². The first-order valence-electron chi connectivity index (χ1n) is 6.03. The zero-order chi connectivity index (χ0) is 11.4. The number of hydrogen-bond donors (Lipinski definition) is 1. The summed E-state index contributed by atoms with van der Waals surface area (Å²) in [5.41, 5.74) is 0. The average Bonchev–Trinajstić information content (AvgIpc) is 2.31. The fourth-order valence-corrected chi connectivity index (χ4v) is 2.42. The Morgan fingerprint density at radius 1 is 1.19 bits per heavy atom. The molecule has 2 fully saturated rings. The third-order valence-electron chi connectivity index (χ3n) is 3.50. The van der Waals surface area contributed by atoms with Crippen LogP contribution in [0.3, 0.4) is 0 Å². The number of hydrogen-bond acceptors (Lipinski definition) is 3. The van der Waals surface area contributed by atoms with Gasteiger partial charge in [0.05, 0.1) is 0 Å². The first kappa shape index (κ1) is 11.7. The molecule has 2 aliphatic heterocycles. The van der Waals surface area contributed by atoms with Crippen molar-refractivity contribution in [2.45, 2.75) is 12.8 Å². The van der Waals surface area contributed by atoms with Crippen molar-refractivity contribution < 1.29 is 14.6 Å². The normalized spacial score (nSPS) is 24.6. The maximum absolute atomic E-state index is 10.7. The van der Waals surface area contributed by atoms with E-state index in [2.05, 4.69) is 4.90 Å². The second-order valence-corrected chi connectivity index (χ2v) is 4.63. The SMILES string of the molecule is O=C(O)N1CCN(CC2CCOCC2)CC1. The summed E-state index contributed by atoms with van der Waals surface area (Å²) in [6.45, 7) is 5.95. The molecule has 0 spiro atoms. The Hall–Kier alpha value is -0.810. The largest absolute Gasteiger partial charge is 0.465 e. The molecular weight excluding hydrogens is 208 g/mol. The van der Waals surface area contributed by atoms with Crippen molar-refractivity contribution in [3.63, 3.8) is 0 Å². The number of piperazine rings is 1. The minimum atomic E-state index is -0.786. The van der Waals surface area contributed by atoms with Crippen LogP contribution in [0.2, 0.25) is 0 Å². The van der Waals surface area contributed by atoms with E-state index in [1.807, 2.05) is 0 Å². The summed E-state index contributed by atoms with van der Waals surface area (Å²) in [7, 11) is 0. The summed E-state index contributed by atoms with van der Waals surface area (Å²) in [4.78, 5) is 14.6. The summed E-state index contributed by atoms with van der Waals surface area (Å²) in [5.74, 6) is 0.741. The first-order valence-corrected chi connectivity index (χ1v) is 6.03. The summed E-state index contributed by atoms with van der Waals surface area (Å²) in [6, 6.07) is 0. The summed E-state index contributed by atoms with van der Waals surface area (Å²) in [5, 5.41) is 8.84. The molecular formula is C11H20N2O3. The zero-order valence-corrected chi connectivity index (χ0v) is 9.60. The van der Waals surface area contributed by atoms with Gasteiger partial charge in [-0.05, 0) is 18.8 Å². The predicted molar refractivity (Wildman–Crippen MR) is 59.6 cm³/mol. The Bertz CT molecular complexity index is 233. The van der Waals surface area contributed by atoms with Crippen molar-refractivity contribution in [3.8, 4) is 0 Å². The van der Waals surface area contributed by atoms with E-state index in [0.29, 0.717) is 13.1 Å². The van der Waals surface area contributed by atoms with E-state index in [9.17, 15) is 4.79 Å². The molecule has 2 aliphatic rings. The molecule has 16 heavy (non-hydrogen) atoms. The van der Waals surface area contributed by atoms with E-state index in [0.717, 1.165) is 51.6 Å². The number of carbonyl (C=O) groups is 1. The van der Waals surface area contributed by atoms with Crippen LogP contribution in [0.4, 0.5) is 4.79 Å². The fourth-order valence-electron chi connectivity index (χ4n) is 2.42. The third-order valence-corrected chi connectivity index (χ3v) is 3.50. The van der Waals surface area contributed by atoms with E-state index in [1.54, 1.807) is 0 Å². The molecule has 0 aliphatic carbocycles. The molecule has 0 aromatic carbocycles. The molecule has 5 nitrogen and oxygen atoms in total. The Morgan fingerprint density at radius 3 is 2.38 bits per heavy atom. The molecule has 0 aromatic rings. The molecule has 2 heterocycles. The van der Waals surface area contributed by atoms with E-state index >= 15 is 0 Å². The van der Waals surface area contributed by atoms with Gasteiger partial charge in [0.2, 0.25) is 0 Å². The molecule has 1 N–H and O–H groups in total. The number of ether oxygens (including phenoxy) is 1. The van der Waals surface area contributed by atoms with Gasteiger partial charge in [-0.1, -0.05) is 0 Å². The van der Waals surface area contributed by atoms with Crippen LogP contribution in [0.5, 0.6) is 0 Å². The van der Waals surface area contributed by atoms with Gasteiger partial charge in [-0.2, -0.15) is 0 Å². The maximum atomic E-state index is 10.7. The van der Waals surface area contributed by atoms with Gasteiger partial charge in [-0.25, -0.2) is 4.79 Å². The van der Waals surface area contributed by atoms with E-state index in [-0.39, 0.29) is 0 Å². The molecule has 2 saturated heterocycles. The minimum absolute atomic E-state index is 0.651. The quantitative estimate of drug-likeness (QED) is 0.756. The molecule has 2 rings (SSSR count). The second-order valence-electron chi connectivity index (χ2n) is 4.63. The highest BCUT2D eigenvalue weighted by Gasteiger charge is 2.23. The van der Waals surface area contributed by atoms with Crippen LogP contribution in [-0.4, -0.2) is 66.9 Å². The van der Waals surface area contributed by atoms with Gasteiger partial charge in [-0.3, -0.25) is 4.90 Å². The van der Waals surface area contributed by atoms with E-state index in [1.165, 1.54) is 4.90 Å². The highest BCUT2D eigenvalue weighted by Crippen LogP contribution is 2.16. The van der Waals surface area contributed by atoms with Crippen LogP contribution in [0.1, 0.15) is 12.8 Å². The molecule has 0 bridgehead atoms. The predicted octanol–water partition coefficient (Wildman–Crippen LogP) is 0.709. The molecule has 0 saturated carbocycles. The molecule has 0 aromatic heterocycles. The summed E-state index contributed by atoms with van der Waals surface area (Å²) in [6.07, 6.45) is 1.52. The first-order chi connectivity index (χ1) is 7.75. The van der Waals surface area contributed by atoms with Gasteiger partial charge >= 0.3 is 6.09 Å². The zero-order valence-electron chi connectivity index (χ0n) is 9.60. The number of rotatable bonds is 2. The van der Waals surface area contributed by atoms with Crippen LogP contribution < -0.4 is 0 Å². The lowest BCUT2D eigenvalue weighted by Crippen LogP contribution is -2.49. The Morgan fingerprint density at radius 2 is 1.81 bits per heavy atom. The van der Waals surface area contributed by atoms with Gasteiger partial charge in [0, 0.05) is 45.9 Å². The molecule has 1 amide bonds. The monoisotopic (exact) mass is 228 g/mol. The minimum Gasteiger partial charge on any atom is -0.465 e. The van der Waals surface area contributed by atoms with Crippen LogP contribution >= 0.6 is 0 Å². The van der Waals surface area contributed by atoms with Gasteiger partial charge in [-0.15, -0.1) is 0 Å². The number of nitrogens with zero attached hydrogens (tertiary/aromatic N) is 2. The van der Waals surface area contributed by atoms with Crippen molar-refractivity contribution >= 4 is 6.09 Å². The molecule has 0 radical (unpaired) electrons. The van der Waals surface area contributed by atoms with Gasteiger partial charge in [0.15, 0.2) is 0 Å². The Balaban J connectivity index is 1.70. The number of carboxylic acid groups (broad SMARTS) is 1.